The second-order valence-electron chi connectivity index (χ2n) is 5.21. The maximum atomic E-state index is 11.7. The van der Waals surface area contributed by atoms with Crippen LogP contribution in [0, 0.1) is 0 Å². The minimum atomic E-state index is 0. The fraction of sp³-hybridized carbons (Fsp3) is 0.562. The number of hydrogen-bond acceptors (Lipinski definition) is 4. The maximum Gasteiger partial charge on any atom is 0.220 e. The average Bonchev–Trinajstić information content (AvgIpc) is 2.52. The molecule has 1 amide bonds. The van der Waals surface area contributed by atoms with Gasteiger partial charge >= 0.3 is 0 Å². The molecule has 1 aromatic rings. The second kappa shape index (κ2) is 10.3. The fourth-order valence-corrected chi connectivity index (χ4v) is 2.27. The highest BCUT2D eigenvalue weighted by Gasteiger charge is 2.11. The summed E-state index contributed by atoms with van der Waals surface area (Å²) in [5, 5.41) is 2.94. The van der Waals surface area contributed by atoms with Gasteiger partial charge < -0.3 is 20.5 Å². The third kappa shape index (κ3) is 6.12. The van der Waals surface area contributed by atoms with E-state index in [0.717, 1.165) is 49.3 Å². The molecule has 0 aliphatic carbocycles. The summed E-state index contributed by atoms with van der Waals surface area (Å²) < 4.78 is 11.0. The molecular weight excluding hydrogens is 304 g/mol. The van der Waals surface area contributed by atoms with E-state index in [-0.39, 0.29) is 18.3 Å². The lowest BCUT2D eigenvalue weighted by Gasteiger charge is -2.19. The highest BCUT2D eigenvalue weighted by Crippen LogP contribution is 2.30. The molecule has 22 heavy (non-hydrogen) atoms. The summed E-state index contributed by atoms with van der Waals surface area (Å²) in [6.45, 7) is 2.42. The van der Waals surface area contributed by atoms with Crippen molar-refractivity contribution in [1.82, 2.24) is 5.32 Å². The van der Waals surface area contributed by atoms with Crippen LogP contribution < -0.4 is 20.5 Å². The van der Waals surface area contributed by atoms with Gasteiger partial charge in [-0.1, -0.05) is 18.9 Å². The molecule has 124 valence electrons. The van der Waals surface area contributed by atoms with Crippen LogP contribution in [0.15, 0.2) is 18.2 Å². The SMILES string of the molecule is Cl.NCCCCCCC(=O)NCc1ccc2c(c1)OCCO2. The lowest BCUT2D eigenvalue weighted by molar-refractivity contribution is -0.121. The molecule has 0 aromatic heterocycles. The van der Waals surface area contributed by atoms with Crippen molar-refractivity contribution in [2.75, 3.05) is 19.8 Å². The molecule has 0 bridgehead atoms. The summed E-state index contributed by atoms with van der Waals surface area (Å²) in [6.07, 6.45) is 4.71. The number of fused-ring (bicyclic) bond motifs is 1. The van der Waals surface area contributed by atoms with Gasteiger partial charge in [-0.05, 0) is 37.1 Å². The largest absolute Gasteiger partial charge is 0.486 e. The first-order valence-corrected chi connectivity index (χ1v) is 7.65. The Morgan fingerprint density at radius 1 is 1.09 bits per heavy atom. The molecule has 1 aliphatic rings. The van der Waals surface area contributed by atoms with Crippen LogP contribution in [0.25, 0.3) is 0 Å². The zero-order chi connectivity index (χ0) is 14.9. The molecule has 2 rings (SSSR count). The van der Waals surface area contributed by atoms with Crippen LogP contribution in [-0.2, 0) is 11.3 Å². The Morgan fingerprint density at radius 3 is 2.59 bits per heavy atom. The maximum absolute atomic E-state index is 11.7. The van der Waals surface area contributed by atoms with Crippen molar-refractivity contribution in [1.29, 1.82) is 0 Å². The smallest absolute Gasteiger partial charge is 0.220 e. The Labute approximate surface area is 138 Å². The zero-order valence-corrected chi connectivity index (χ0v) is 13.6. The summed E-state index contributed by atoms with van der Waals surface area (Å²) in [6, 6.07) is 5.77. The van der Waals surface area contributed by atoms with E-state index in [1.54, 1.807) is 0 Å². The first kappa shape index (κ1) is 18.6. The molecule has 0 radical (unpaired) electrons. The Morgan fingerprint density at radius 2 is 1.82 bits per heavy atom. The van der Waals surface area contributed by atoms with Gasteiger partial charge in [0.1, 0.15) is 13.2 Å². The van der Waals surface area contributed by atoms with Crippen molar-refractivity contribution < 1.29 is 14.3 Å². The summed E-state index contributed by atoms with van der Waals surface area (Å²) in [7, 11) is 0. The highest BCUT2D eigenvalue weighted by molar-refractivity contribution is 5.85. The molecule has 3 N–H and O–H groups in total. The number of nitrogens with one attached hydrogen (secondary N) is 1. The number of benzene rings is 1. The van der Waals surface area contributed by atoms with Gasteiger partial charge in [0.05, 0.1) is 0 Å². The lowest BCUT2D eigenvalue weighted by Crippen LogP contribution is -2.22. The molecule has 0 unspecified atom stereocenters. The fourth-order valence-electron chi connectivity index (χ4n) is 2.27. The van der Waals surface area contributed by atoms with Crippen molar-refractivity contribution in [3.63, 3.8) is 0 Å². The number of carbonyl (C=O) groups is 1. The normalized spacial score (nSPS) is 12.4. The van der Waals surface area contributed by atoms with Crippen molar-refractivity contribution in [2.45, 2.75) is 38.6 Å². The van der Waals surface area contributed by atoms with Crippen molar-refractivity contribution >= 4 is 18.3 Å². The molecule has 5 nitrogen and oxygen atoms in total. The van der Waals surface area contributed by atoms with E-state index in [0.29, 0.717) is 26.2 Å². The van der Waals surface area contributed by atoms with Crippen LogP contribution in [0.1, 0.15) is 37.7 Å². The number of ether oxygens (including phenoxy) is 2. The molecule has 0 spiro atoms. The Kier molecular flexibility index (Phi) is 8.70. The van der Waals surface area contributed by atoms with Crippen LogP contribution in [-0.4, -0.2) is 25.7 Å². The van der Waals surface area contributed by atoms with Gasteiger partial charge in [0.25, 0.3) is 0 Å². The van der Waals surface area contributed by atoms with E-state index in [4.69, 9.17) is 15.2 Å². The van der Waals surface area contributed by atoms with Crippen LogP contribution >= 0.6 is 12.4 Å². The molecule has 1 aliphatic heterocycles. The Balaban J connectivity index is 0.00000242. The van der Waals surface area contributed by atoms with Crippen LogP contribution in [0.5, 0.6) is 11.5 Å². The molecule has 0 fully saturated rings. The van der Waals surface area contributed by atoms with Gasteiger partial charge in [0.15, 0.2) is 11.5 Å². The molecule has 1 aromatic carbocycles. The van der Waals surface area contributed by atoms with Gasteiger partial charge in [-0.3, -0.25) is 4.79 Å². The molecule has 0 saturated heterocycles. The summed E-state index contributed by atoms with van der Waals surface area (Å²) in [5.74, 6) is 1.63. The Hall–Kier alpha value is -1.46. The molecule has 6 heteroatoms. The number of unbranched alkanes of at least 4 members (excludes halogenated alkanes) is 3. The predicted molar refractivity (Wildman–Crippen MR) is 88.7 cm³/mol. The first-order valence-electron chi connectivity index (χ1n) is 7.65. The summed E-state index contributed by atoms with van der Waals surface area (Å²) >= 11 is 0. The second-order valence-corrected chi connectivity index (χ2v) is 5.21. The van der Waals surface area contributed by atoms with Gasteiger partial charge in [0.2, 0.25) is 5.91 Å². The average molecular weight is 329 g/mol. The molecular formula is C16H25ClN2O3. The number of halogens is 1. The number of rotatable bonds is 8. The minimum Gasteiger partial charge on any atom is -0.486 e. The number of nitrogens with two attached hydrogens (primary N) is 1. The number of amides is 1. The molecule has 0 atom stereocenters. The Bertz CT molecular complexity index is 469. The van der Waals surface area contributed by atoms with Crippen molar-refractivity contribution in [3.05, 3.63) is 23.8 Å². The summed E-state index contributed by atoms with van der Waals surface area (Å²) in [4.78, 5) is 11.7. The zero-order valence-electron chi connectivity index (χ0n) is 12.8. The number of hydrogen-bond donors (Lipinski definition) is 2. The standard InChI is InChI=1S/C16H24N2O3.ClH/c17-8-4-2-1-3-5-16(19)18-12-13-6-7-14-15(11-13)21-10-9-20-14;/h6-7,11H,1-5,8-10,12,17H2,(H,18,19);1H. The molecule has 0 saturated carbocycles. The van der Waals surface area contributed by atoms with Crippen LogP contribution in [0.3, 0.4) is 0 Å². The molecule has 1 heterocycles. The lowest BCUT2D eigenvalue weighted by atomic mass is 10.1. The third-order valence-electron chi connectivity index (χ3n) is 3.45. The quantitative estimate of drug-likeness (QED) is 0.719. The van der Waals surface area contributed by atoms with Crippen LogP contribution in [0.2, 0.25) is 0 Å². The van der Waals surface area contributed by atoms with E-state index in [9.17, 15) is 4.79 Å². The minimum absolute atomic E-state index is 0. The monoisotopic (exact) mass is 328 g/mol. The predicted octanol–water partition coefficient (Wildman–Crippen LogP) is 2.41. The van der Waals surface area contributed by atoms with Crippen molar-refractivity contribution in [3.8, 4) is 11.5 Å². The van der Waals surface area contributed by atoms with E-state index in [1.165, 1.54) is 0 Å². The van der Waals surface area contributed by atoms with Gasteiger partial charge in [-0.2, -0.15) is 0 Å². The van der Waals surface area contributed by atoms with Crippen molar-refractivity contribution in [2.24, 2.45) is 5.73 Å². The first-order chi connectivity index (χ1) is 10.3. The van der Waals surface area contributed by atoms with E-state index in [2.05, 4.69) is 5.32 Å². The highest BCUT2D eigenvalue weighted by atomic mass is 35.5. The van der Waals surface area contributed by atoms with E-state index >= 15 is 0 Å². The van der Waals surface area contributed by atoms with Gasteiger partial charge in [-0.25, -0.2) is 0 Å². The third-order valence-corrected chi connectivity index (χ3v) is 3.45. The van der Waals surface area contributed by atoms with Gasteiger partial charge in [0, 0.05) is 13.0 Å². The number of carbonyl (C=O) groups excluding carboxylic acids is 1. The van der Waals surface area contributed by atoms with Crippen LogP contribution in [0.4, 0.5) is 0 Å². The van der Waals surface area contributed by atoms with Gasteiger partial charge in [-0.15, -0.1) is 12.4 Å². The summed E-state index contributed by atoms with van der Waals surface area (Å²) in [5.41, 5.74) is 6.46. The van der Waals surface area contributed by atoms with E-state index < -0.39 is 0 Å². The van der Waals surface area contributed by atoms with E-state index in [1.807, 2.05) is 18.2 Å². The topological polar surface area (TPSA) is 73.6 Å².